The number of rotatable bonds is 4. The van der Waals surface area contributed by atoms with Gasteiger partial charge in [0.1, 0.15) is 17.6 Å². The number of nitriles is 1. The molecule has 1 aliphatic heterocycles. The summed E-state index contributed by atoms with van der Waals surface area (Å²) in [4.78, 5) is 25.2. The van der Waals surface area contributed by atoms with E-state index in [-0.39, 0.29) is 29.3 Å². The minimum Gasteiger partial charge on any atom is -0.351 e. The van der Waals surface area contributed by atoms with Crippen molar-refractivity contribution >= 4 is 11.7 Å². The fourth-order valence-corrected chi connectivity index (χ4v) is 3.75. The first kappa shape index (κ1) is 19.2. The van der Waals surface area contributed by atoms with E-state index in [1.54, 1.807) is 0 Å². The van der Waals surface area contributed by atoms with Crippen molar-refractivity contribution in [2.24, 2.45) is 11.8 Å². The van der Waals surface area contributed by atoms with Gasteiger partial charge in [-0.2, -0.15) is 19.1 Å². The quantitative estimate of drug-likeness (QED) is 0.781. The van der Waals surface area contributed by atoms with E-state index in [4.69, 9.17) is 0 Å². The number of hydrogen-bond acceptors (Lipinski definition) is 6. The van der Waals surface area contributed by atoms with E-state index in [0.29, 0.717) is 41.6 Å². The van der Waals surface area contributed by atoms with Crippen LogP contribution in [0.1, 0.15) is 32.5 Å². The minimum absolute atomic E-state index is 0.0199. The van der Waals surface area contributed by atoms with Gasteiger partial charge in [-0.05, 0) is 19.3 Å². The highest BCUT2D eigenvalue weighted by molar-refractivity contribution is 5.82. The van der Waals surface area contributed by atoms with Gasteiger partial charge in [0.25, 0.3) is 0 Å². The second-order valence-corrected chi connectivity index (χ2v) is 7.67. The fraction of sp³-hybridized carbons (Fsp3) is 0.526. The van der Waals surface area contributed by atoms with Crippen LogP contribution in [-0.2, 0) is 4.79 Å². The Morgan fingerprint density at radius 2 is 2.07 bits per heavy atom. The Morgan fingerprint density at radius 1 is 1.31 bits per heavy atom. The standard InChI is InChI=1S/C19H21F2N7O/c1-11-5-14(11)18(29)27-4-3-26(9-12(27)2)16-8-23-15(6-22)17(25-16)13-7-24-28(10-13)19(20)21/h7-8,10-12,14,19H,3-5,9H2,1-2H3/t11-,12?,14-/m1/s1. The lowest BCUT2D eigenvalue weighted by molar-refractivity contribution is -0.135. The number of halogens is 2. The molecule has 1 aliphatic carbocycles. The topological polar surface area (TPSA) is 90.9 Å². The van der Waals surface area contributed by atoms with Crippen LogP contribution in [-0.4, -0.2) is 56.2 Å². The number of aromatic nitrogens is 4. The molecular formula is C19H21F2N7O. The lowest BCUT2D eigenvalue weighted by Crippen LogP contribution is -2.54. The zero-order valence-electron chi connectivity index (χ0n) is 16.2. The van der Waals surface area contributed by atoms with Crippen LogP contribution in [0.5, 0.6) is 0 Å². The molecule has 1 saturated heterocycles. The third kappa shape index (κ3) is 3.64. The van der Waals surface area contributed by atoms with E-state index in [1.807, 2.05) is 22.8 Å². The summed E-state index contributed by atoms with van der Waals surface area (Å²) in [5.41, 5.74) is 0.572. The maximum Gasteiger partial charge on any atom is 0.333 e. The number of piperazine rings is 1. The van der Waals surface area contributed by atoms with Gasteiger partial charge in [-0.15, -0.1) is 0 Å². The SMILES string of the molecule is CC1CN(c2cnc(C#N)c(-c3cnn(C(F)F)c3)n2)CCN1C(=O)[C@@H]1C[C@H]1C. The van der Waals surface area contributed by atoms with E-state index in [0.717, 1.165) is 12.6 Å². The van der Waals surface area contributed by atoms with Crippen LogP contribution in [0.25, 0.3) is 11.3 Å². The van der Waals surface area contributed by atoms with Crippen molar-refractivity contribution in [2.75, 3.05) is 24.5 Å². The molecule has 8 nitrogen and oxygen atoms in total. The van der Waals surface area contributed by atoms with Crippen LogP contribution in [0.3, 0.4) is 0 Å². The summed E-state index contributed by atoms with van der Waals surface area (Å²) in [6, 6.07) is 1.97. The molecule has 3 atom stereocenters. The van der Waals surface area contributed by atoms with Crippen molar-refractivity contribution in [3.05, 3.63) is 24.3 Å². The number of hydrogen-bond donors (Lipinski definition) is 0. The van der Waals surface area contributed by atoms with Gasteiger partial charge in [0.2, 0.25) is 5.91 Å². The average molecular weight is 401 g/mol. The normalized spacial score (nSPS) is 23.9. The lowest BCUT2D eigenvalue weighted by atomic mass is 10.1. The summed E-state index contributed by atoms with van der Waals surface area (Å²) < 4.78 is 26.2. The lowest BCUT2D eigenvalue weighted by Gasteiger charge is -2.40. The largest absolute Gasteiger partial charge is 0.351 e. The van der Waals surface area contributed by atoms with Crippen LogP contribution < -0.4 is 4.90 Å². The molecule has 2 aromatic heterocycles. The molecule has 0 spiro atoms. The Morgan fingerprint density at radius 3 is 2.66 bits per heavy atom. The summed E-state index contributed by atoms with van der Waals surface area (Å²) in [5, 5.41) is 12.9. The fourth-order valence-electron chi connectivity index (χ4n) is 3.75. The van der Waals surface area contributed by atoms with Crippen LogP contribution in [0.2, 0.25) is 0 Å². The second kappa shape index (κ2) is 7.39. The molecule has 29 heavy (non-hydrogen) atoms. The van der Waals surface area contributed by atoms with Crippen LogP contribution in [0.15, 0.2) is 18.6 Å². The minimum atomic E-state index is -2.77. The van der Waals surface area contributed by atoms with Gasteiger partial charge >= 0.3 is 6.55 Å². The van der Waals surface area contributed by atoms with E-state index in [2.05, 4.69) is 22.0 Å². The molecule has 10 heteroatoms. The summed E-state index contributed by atoms with van der Waals surface area (Å²) in [5.74, 6) is 1.38. The third-order valence-electron chi connectivity index (χ3n) is 5.60. The molecule has 0 bridgehead atoms. The average Bonchev–Trinajstić information content (AvgIpc) is 3.24. The predicted octanol–water partition coefficient (Wildman–Crippen LogP) is 2.30. The van der Waals surface area contributed by atoms with E-state index in [1.165, 1.54) is 12.4 Å². The number of carbonyl (C=O) groups excluding carboxylic acids is 1. The molecule has 1 unspecified atom stereocenters. The van der Waals surface area contributed by atoms with Crippen molar-refractivity contribution in [3.8, 4) is 17.3 Å². The summed E-state index contributed by atoms with van der Waals surface area (Å²) in [6.45, 7) is 3.08. The van der Waals surface area contributed by atoms with Crippen LogP contribution in [0, 0.1) is 23.2 Å². The van der Waals surface area contributed by atoms with Crippen LogP contribution in [0.4, 0.5) is 14.6 Å². The molecule has 2 fully saturated rings. The Kier molecular flexibility index (Phi) is 4.90. The zero-order chi connectivity index (χ0) is 20.7. The van der Waals surface area contributed by atoms with Crippen molar-refractivity contribution in [2.45, 2.75) is 32.9 Å². The Balaban J connectivity index is 1.55. The van der Waals surface area contributed by atoms with E-state index >= 15 is 0 Å². The van der Waals surface area contributed by atoms with Crippen molar-refractivity contribution in [1.29, 1.82) is 5.26 Å². The van der Waals surface area contributed by atoms with E-state index in [9.17, 15) is 18.8 Å². The summed E-state index contributed by atoms with van der Waals surface area (Å²) in [6.07, 6.45) is 4.86. The molecule has 0 N–H and O–H groups in total. The van der Waals surface area contributed by atoms with Gasteiger partial charge < -0.3 is 9.80 Å². The first-order valence-electron chi connectivity index (χ1n) is 9.54. The highest BCUT2D eigenvalue weighted by Crippen LogP contribution is 2.40. The van der Waals surface area contributed by atoms with Gasteiger partial charge in [-0.3, -0.25) is 4.79 Å². The highest BCUT2D eigenvalue weighted by Gasteiger charge is 2.43. The second-order valence-electron chi connectivity index (χ2n) is 7.67. The highest BCUT2D eigenvalue weighted by atomic mass is 19.3. The predicted molar refractivity (Wildman–Crippen MR) is 99.9 cm³/mol. The van der Waals surface area contributed by atoms with Gasteiger partial charge in [-0.1, -0.05) is 6.92 Å². The smallest absolute Gasteiger partial charge is 0.333 e. The first-order chi connectivity index (χ1) is 13.9. The first-order valence-corrected chi connectivity index (χ1v) is 9.54. The molecular weight excluding hydrogens is 380 g/mol. The molecule has 2 aromatic rings. The number of nitrogens with zero attached hydrogens (tertiary/aromatic N) is 7. The number of amides is 1. The third-order valence-corrected chi connectivity index (χ3v) is 5.60. The van der Waals surface area contributed by atoms with Gasteiger partial charge in [0, 0.05) is 43.4 Å². The molecule has 0 radical (unpaired) electrons. The van der Waals surface area contributed by atoms with E-state index < -0.39 is 6.55 Å². The molecule has 1 amide bonds. The molecule has 3 heterocycles. The molecule has 152 valence electrons. The van der Waals surface area contributed by atoms with Gasteiger partial charge in [0.15, 0.2) is 5.69 Å². The molecule has 4 rings (SSSR count). The van der Waals surface area contributed by atoms with Crippen molar-refractivity contribution in [3.63, 3.8) is 0 Å². The van der Waals surface area contributed by atoms with Crippen LogP contribution >= 0.6 is 0 Å². The monoisotopic (exact) mass is 401 g/mol. The summed E-state index contributed by atoms with van der Waals surface area (Å²) in [7, 11) is 0. The Hall–Kier alpha value is -3.09. The summed E-state index contributed by atoms with van der Waals surface area (Å²) >= 11 is 0. The Labute approximate surface area is 166 Å². The maximum atomic E-state index is 12.8. The number of carbonyl (C=O) groups is 1. The van der Waals surface area contributed by atoms with Crippen molar-refractivity contribution in [1.82, 2.24) is 24.6 Å². The van der Waals surface area contributed by atoms with Gasteiger partial charge in [-0.25, -0.2) is 14.6 Å². The Bertz CT molecular complexity index is 970. The van der Waals surface area contributed by atoms with Gasteiger partial charge in [0.05, 0.1) is 12.4 Å². The maximum absolute atomic E-state index is 12.8. The molecule has 2 aliphatic rings. The molecule has 1 saturated carbocycles. The molecule has 0 aromatic carbocycles. The number of anilines is 1. The number of alkyl halides is 2. The zero-order valence-corrected chi connectivity index (χ0v) is 16.2. The van der Waals surface area contributed by atoms with Crippen molar-refractivity contribution < 1.29 is 13.6 Å².